The first-order chi connectivity index (χ1) is 31.4. The second kappa shape index (κ2) is 18.3. The van der Waals surface area contributed by atoms with E-state index in [1.165, 1.54) is 13.2 Å². The molecule has 5 aromatic carbocycles. The highest BCUT2D eigenvalue weighted by Crippen LogP contribution is 2.66. The van der Waals surface area contributed by atoms with Gasteiger partial charge in [-0.3, -0.25) is 19.3 Å². The van der Waals surface area contributed by atoms with Gasteiger partial charge in [0.2, 0.25) is 5.91 Å². The predicted molar refractivity (Wildman–Crippen MR) is 237 cm³/mol. The summed E-state index contributed by atoms with van der Waals surface area (Å²) < 4.78 is 22.6. The quantitative estimate of drug-likeness (QED) is 0.102. The maximum atomic E-state index is 16.2. The first kappa shape index (κ1) is 44.1. The van der Waals surface area contributed by atoms with Gasteiger partial charge in [0.05, 0.1) is 38.6 Å². The van der Waals surface area contributed by atoms with Crippen LogP contribution in [0.1, 0.15) is 65.4 Å². The molecular weight excluding hydrogens is 831 g/mol. The van der Waals surface area contributed by atoms with Crippen LogP contribution in [-0.2, 0) is 34.1 Å². The first-order valence-corrected chi connectivity index (χ1v) is 21.1. The highest BCUT2D eigenvalue weighted by molar-refractivity contribution is 6.24. The summed E-state index contributed by atoms with van der Waals surface area (Å²) in [4.78, 5) is 75.9. The largest absolute Gasteiger partial charge is 0.497 e. The zero-order valence-electron chi connectivity index (χ0n) is 36.0. The average molecular weight is 878 g/mol. The van der Waals surface area contributed by atoms with E-state index in [1.54, 1.807) is 86.5 Å². The van der Waals surface area contributed by atoms with Crippen LogP contribution in [0.4, 0.5) is 10.5 Å². The number of fused-ring (bicyclic) bond motifs is 3. The lowest BCUT2D eigenvalue weighted by Crippen LogP contribution is -2.56. The number of nitrogens with zero attached hydrogens (tertiary/aromatic N) is 2. The Morgan fingerprint density at radius 3 is 2.06 bits per heavy atom. The molecule has 5 aromatic rings. The summed E-state index contributed by atoms with van der Waals surface area (Å²) in [5.41, 5.74) is 0.564. The van der Waals surface area contributed by atoms with Crippen LogP contribution in [0.3, 0.4) is 0 Å². The van der Waals surface area contributed by atoms with Gasteiger partial charge >= 0.3 is 23.9 Å². The molecule has 2 fully saturated rings. The van der Waals surface area contributed by atoms with Crippen molar-refractivity contribution in [2.24, 2.45) is 11.8 Å². The Kier molecular flexibility index (Phi) is 12.4. The first-order valence-electron chi connectivity index (χ1n) is 21.1. The summed E-state index contributed by atoms with van der Waals surface area (Å²) in [6, 6.07) is 30.8. The van der Waals surface area contributed by atoms with Crippen molar-refractivity contribution in [3.63, 3.8) is 0 Å². The fourth-order valence-corrected chi connectivity index (χ4v) is 9.54. The number of hydrogen-bond acceptors (Lipinski definition) is 11. The summed E-state index contributed by atoms with van der Waals surface area (Å²) in [7, 11) is 2.74. The van der Waals surface area contributed by atoms with E-state index in [2.05, 4.69) is 17.2 Å². The number of hydrogen-bond donors (Lipinski definition) is 3. The number of morpholine rings is 1. The number of ether oxygens (including phenoxy) is 4. The second-order valence-corrected chi connectivity index (χ2v) is 16.3. The molecule has 3 heterocycles. The third-order valence-electron chi connectivity index (χ3n) is 12.3. The molecule has 3 N–H and O–H groups in total. The van der Waals surface area contributed by atoms with Crippen molar-refractivity contribution in [2.45, 2.75) is 49.5 Å². The lowest BCUT2D eigenvalue weighted by atomic mass is 9.65. The van der Waals surface area contributed by atoms with Crippen LogP contribution in [0.2, 0.25) is 0 Å². The molecule has 3 aliphatic rings. The van der Waals surface area contributed by atoms with Crippen LogP contribution in [-0.4, -0.2) is 84.5 Å². The molecule has 65 heavy (non-hydrogen) atoms. The van der Waals surface area contributed by atoms with E-state index in [4.69, 9.17) is 18.9 Å². The van der Waals surface area contributed by atoms with E-state index in [0.717, 1.165) is 4.90 Å². The monoisotopic (exact) mass is 877 g/mol. The molecule has 0 aromatic heterocycles. The fraction of sp³-hybridized carbons (Fsp3) is 0.275. The number of imide groups is 1. The Labute approximate surface area is 375 Å². The van der Waals surface area contributed by atoms with Gasteiger partial charge in [0.25, 0.3) is 0 Å². The maximum absolute atomic E-state index is 16.2. The third kappa shape index (κ3) is 7.83. The van der Waals surface area contributed by atoms with Crippen molar-refractivity contribution in [1.82, 2.24) is 10.2 Å². The number of esters is 2. The third-order valence-corrected chi connectivity index (χ3v) is 12.3. The van der Waals surface area contributed by atoms with Crippen molar-refractivity contribution < 1.29 is 53.1 Å². The molecule has 0 bridgehead atoms. The summed E-state index contributed by atoms with van der Waals surface area (Å²) >= 11 is 0. The number of carboxylic acids is 1. The average Bonchev–Trinajstić information content (AvgIpc) is 3.78. The second-order valence-electron chi connectivity index (χ2n) is 16.3. The Bertz CT molecular complexity index is 2680. The van der Waals surface area contributed by atoms with Crippen LogP contribution < -0.4 is 19.7 Å². The van der Waals surface area contributed by atoms with Crippen LogP contribution in [0, 0.1) is 23.7 Å². The highest BCUT2D eigenvalue weighted by atomic mass is 16.6. The molecule has 3 amide bonds. The zero-order chi connectivity index (χ0) is 46.0. The molecule has 7 atom stereocenters. The van der Waals surface area contributed by atoms with Gasteiger partial charge in [-0.05, 0) is 82.8 Å². The Morgan fingerprint density at radius 1 is 0.785 bits per heavy atom. The number of aliphatic hydroxyl groups excluding tert-OH is 1. The van der Waals surface area contributed by atoms with E-state index in [1.807, 2.05) is 60.7 Å². The van der Waals surface area contributed by atoms with Gasteiger partial charge in [-0.25, -0.2) is 14.5 Å². The number of benzene rings is 5. The molecule has 0 aliphatic carbocycles. The van der Waals surface area contributed by atoms with Gasteiger partial charge < -0.3 is 34.5 Å². The number of amides is 3. The lowest BCUT2D eigenvalue weighted by Gasteiger charge is -2.46. The number of urea groups is 1. The fourth-order valence-electron chi connectivity index (χ4n) is 9.54. The summed E-state index contributed by atoms with van der Waals surface area (Å²) in [6.45, 7) is 3.04. The van der Waals surface area contributed by atoms with E-state index < -0.39 is 77.4 Å². The Balaban J connectivity index is 1.43. The standard InChI is InChI=1S/C51H47N3O11/c1-30(2)41(47(58)63-4)52-50(61)53-39-25-22-32(19-18-31-20-23-36(62-3)24-21-31)28-38(39)51(49(53)60)40(46(56)57)43-48(59)65-44(34-14-9-6-10-15-34)42(33-12-7-5-8-13-33)54(43)45(51)35-16-11-17-37(29-35)64-27-26-55/h5-17,20-25,28-30,40-45,55H,26-27H2,1-4H3,(H,52,61)(H,56,57)/t40-,41-,42-,43-,44+,45+,51-/m0/s1. The maximum Gasteiger partial charge on any atom is 0.329 e. The molecule has 14 heteroatoms. The number of rotatable bonds is 11. The molecule has 0 radical (unpaired) electrons. The molecule has 3 aliphatic heterocycles. The summed E-state index contributed by atoms with van der Waals surface area (Å²) in [6.07, 6.45) is -0.993. The number of nitrogens with one attached hydrogen (secondary N) is 1. The molecule has 1 spiro atoms. The van der Waals surface area contributed by atoms with Crippen LogP contribution >= 0.6 is 0 Å². The molecule has 2 saturated heterocycles. The molecule has 8 rings (SSSR count). The van der Waals surface area contributed by atoms with Gasteiger partial charge in [-0.2, -0.15) is 0 Å². The van der Waals surface area contributed by atoms with Gasteiger partial charge in [0.15, 0.2) is 0 Å². The minimum Gasteiger partial charge on any atom is -0.497 e. The number of carbonyl (C=O) groups excluding carboxylic acids is 4. The normalized spacial score (nSPS) is 22.6. The smallest absolute Gasteiger partial charge is 0.329 e. The van der Waals surface area contributed by atoms with Crippen molar-refractivity contribution in [2.75, 3.05) is 32.3 Å². The molecular formula is C51H47N3O11. The van der Waals surface area contributed by atoms with E-state index >= 15 is 4.79 Å². The molecule has 14 nitrogen and oxygen atoms in total. The topological polar surface area (TPSA) is 181 Å². The number of aliphatic carboxylic acids is 1. The Hall–Kier alpha value is -7.47. The SMILES string of the molecule is COC(=O)[C@@H](NC(=O)N1C(=O)[C@@]2(c3cc(C#Cc4ccc(OC)cc4)ccc31)[C@H](C(=O)O)[C@H]1C(=O)O[C@H](c3ccccc3)[C@H](c3ccccc3)N1[C@@H]2c1cccc(OCCO)c1)C(C)C. The van der Waals surface area contributed by atoms with E-state index in [0.29, 0.717) is 39.3 Å². The molecule has 332 valence electrons. The van der Waals surface area contributed by atoms with E-state index in [-0.39, 0.29) is 24.5 Å². The molecule has 0 saturated carbocycles. The minimum absolute atomic E-state index is 0.0305. The molecule has 0 unspecified atom stereocenters. The number of carboxylic acid groups (broad SMARTS) is 1. The number of carbonyl (C=O) groups is 5. The van der Waals surface area contributed by atoms with Crippen molar-refractivity contribution in [3.8, 4) is 23.3 Å². The van der Waals surface area contributed by atoms with Crippen molar-refractivity contribution in [3.05, 3.63) is 161 Å². The number of methoxy groups -OCH3 is 2. The van der Waals surface area contributed by atoms with Crippen molar-refractivity contribution in [1.29, 1.82) is 0 Å². The predicted octanol–water partition coefficient (Wildman–Crippen LogP) is 6.12. The highest BCUT2D eigenvalue weighted by Gasteiger charge is 2.76. The van der Waals surface area contributed by atoms with Crippen LogP contribution in [0.5, 0.6) is 11.5 Å². The number of cyclic esters (lactones) is 1. The van der Waals surface area contributed by atoms with Crippen LogP contribution in [0.25, 0.3) is 0 Å². The Morgan fingerprint density at radius 2 is 1.43 bits per heavy atom. The zero-order valence-corrected chi connectivity index (χ0v) is 36.0. The number of aliphatic hydroxyl groups is 1. The van der Waals surface area contributed by atoms with E-state index in [9.17, 15) is 29.4 Å². The summed E-state index contributed by atoms with van der Waals surface area (Å²) in [5, 5.41) is 24.1. The summed E-state index contributed by atoms with van der Waals surface area (Å²) in [5.74, 6) is 0.767. The van der Waals surface area contributed by atoms with Crippen molar-refractivity contribution >= 4 is 35.5 Å². The van der Waals surface area contributed by atoms with Gasteiger partial charge in [-0.15, -0.1) is 0 Å². The minimum atomic E-state index is -2.26. The lowest BCUT2D eigenvalue weighted by molar-refractivity contribution is -0.179. The number of anilines is 1. The van der Waals surface area contributed by atoms with Gasteiger partial charge in [-0.1, -0.05) is 98.5 Å². The van der Waals surface area contributed by atoms with Gasteiger partial charge in [0, 0.05) is 11.1 Å². The van der Waals surface area contributed by atoms with Crippen LogP contribution in [0.15, 0.2) is 127 Å². The van der Waals surface area contributed by atoms with Gasteiger partial charge in [0.1, 0.15) is 47.6 Å².